The van der Waals surface area contributed by atoms with Gasteiger partial charge in [0.05, 0.1) is 5.75 Å². The summed E-state index contributed by atoms with van der Waals surface area (Å²) < 4.78 is 23.7. The second kappa shape index (κ2) is 4.94. The van der Waals surface area contributed by atoms with Crippen LogP contribution in [-0.2, 0) is 14.6 Å². The molecule has 2 aliphatic rings. The Bertz CT molecular complexity index is 394. The van der Waals surface area contributed by atoms with Crippen molar-refractivity contribution in [2.24, 2.45) is 11.7 Å². The van der Waals surface area contributed by atoms with E-state index in [4.69, 9.17) is 5.73 Å². The predicted octanol–water partition coefficient (Wildman–Crippen LogP) is -0.239. The lowest BCUT2D eigenvalue weighted by atomic mass is 10.1. The fraction of sp³-hybridized carbons (Fsp3) is 0.909. The first-order chi connectivity index (χ1) is 8.04. The van der Waals surface area contributed by atoms with Crippen LogP contribution in [0.3, 0.4) is 0 Å². The van der Waals surface area contributed by atoms with Crippen molar-refractivity contribution in [1.82, 2.24) is 4.90 Å². The van der Waals surface area contributed by atoms with Gasteiger partial charge in [-0.1, -0.05) is 6.42 Å². The van der Waals surface area contributed by atoms with Gasteiger partial charge in [0, 0.05) is 13.1 Å². The summed E-state index contributed by atoms with van der Waals surface area (Å²) in [5.41, 5.74) is 5.57. The highest BCUT2D eigenvalue weighted by Crippen LogP contribution is 2.24. The summed E-state index contributed by atoms with van der Waals surface area (Å²) in [5, 5.41) is -0.784. The van der Waals surface area contributed by atoms with Crippen LogP contribution in [0.25, 0.3) is 0 Å². The summed E-state index contributed by atoms with van der Waals surface area (Å²) in [7, 11) is -3.21. The van der Waals surface area contributed by atoms with Crippen molar-refractivity contribution in [3.05, 3.63) is 0 Å². The first kappa shape index (κ1) is 12.8. The van der Waals surface area contributed by atoms with Gasteiger partial charge < -0.3 is 10.6 Å². The maximum absolute atomic E-state index is 12.2. The van der Waals surface area contributed by atoms with Crippen molar-refractivity contribution < 1.29 is 13.2 Å². The predicted molar refractivity (Wildman–Crippen MR) is 65.2 cm³/mol. The van der Waals surface area contributed by atoms with Crippen LogP contribution in [0.5, 0.6) is 0 Å². The van der Waals surface area contributed by atoms with Gasteiger partial charge in [-0.25, -0.2) is 8.42 Å². The average Bonchev–Trinajstić information content (AvgIpc) is 2.76. The molecule has 2 N–H and O–H groups in total. The van der Waals surface area contributed by atoms with E-state index in [2.05, 4.69) is 0 Å². The zero-order valence-electron chi connectivity index (χ0n) is 9.97. The minimum atomic E-state index is -3.21. The van der Waals surface area contributed by atoms with Gasteiger partial charge in [0.25, 0.3) is 0 Å². The number of nitrogens with two attached hydrogens (primary N) is 1. The summed E-state index contributed by atoms with van der Waals surface area (Å²) in [6.07, 6.45) is 2.92. The van der Waals surface area contributed by atoms with Crippen LogP contribution in [0.1, 0.15) is 25.7 Å². The minimum absolute atomic E-state index is 0.164. The first-order valence-electron chi connectivity index (χ1n) is 6.25. The highest BCUT2D eigenvalue weighted by atomic mass is 32.2. The number of likely N-dealkylation sites (tertiary alicyclic amines) is 1. The molecule has 2 aliphatic heterocycles. The lowest BCUT2D eigenvalue weighted by Crippen LogP contribution is -2.44. The number of amides is 1. The molecule has 0 aromatic carbocycles. The SMILES string of the molecule is NCC1CCN(C(=O)C2CCCCS2(=O)=O)C1. The van der Waals surface area contributed by atoms with Gasteiger partial charge in [-0.05, 0) is 31.7 Å². The summed E-state index contributed by atoms with van der Waals surface area (Å²) in [4.78, 5) is 13.9. The van der Waals surface area contributed by atoms with Crippen LogP contribution in [-0.4, -0.2) is 49.9 Å². The third-order valence-electron chi connectivity index (χ3n) is 3.78. The number of rotatable bonds is 2. The van der Waals surface area contributed by atoms with Crippen molar-refractivity contribution in [3.8, 4) is 0 Å². The molecule has 0 radical (unpaired) electrons. The Morgan fingerprint density at radius 1 is 1.29 bits per heavy atom. The molecule has 0 aliphatic carbocycles. The number of nitrogens with zero attached hydrogens (tertiary/aromatic N) is 1. The Hall–Kier alpha value is -0.620. The van der Waals surface area contributed by atoms with Gasteiger partial charge in [0.15, 0.2) is 9.84 Å². The van der Waals surface area contributed by atoms with Crippen LogP contribution < -0.4 is 5.73 Å². The molecule has 2 unspecified atom stereocenters. The van der Waals surface area contributed by atoms with E-state index in [1.807, 2.05) is 0 Å². The van der Waals surface area contributed by atoms with E-state index in [0.717, 1.165) is 12.8 Å². The van der Waals surface area contributed by atoms with E-state index >= 15 is 0 Å². The maximum Gasteiger partial charge on any atom is 0.240 e. The molecule has 0 saturated carbocycles. The van der Waals surface area contributed by atoms with Gasteiger partial charge >= 0.3 is 0 Å². The Kier molecular flexibility index (Phi) is 3.73. The van der Waals surface area contributed by atoms with Gasteiger partial charge in [0.2, 0.25) is 5.91 Å². The lowest BCUT2D eigenvalue weighted by Gasteiger charge is -2.26. The zero-order valence-corrected chi connectivity index (χ0v) is 10.8. The largest absolute Gasteiger partial charge is 0.341 e. The van der Waals surface area contributed by atoms with Crippen molar-refractivity contribution >= 4 is 15.7 Å². The molecule has 0 bridgehead atoms. The molecule has 1 amide bonds. The molecule has 0 aromatic rings. The Morgan fingerprint density at radius 3 is 2.65 bits per heavy atom. The van der Waals surface area contributed by atoms with Crippen LogP contribution in [0.4, 0.5) is 0 Å². The quantitative estimate of drug-likeness (QED) is 0.743. The van der Waals surface area contributed by atoms with E-state index in [9.17, 15) is 13.2 Å². The Labute approximate surface area is 102 Å². The highest BCUT2D eigenvalue weighted by Gasteiger charge is 2.39. The molecule has 0 spiro atoms. The van der Waals surface area contributed by atoms with E-state index in [0.29, 0.717) is 38.4 Å². The smallest absolute Gasteiger partial charge is 0.240 e. The van der Waals surface area contributed by atoms with Gasteiger partial charge in [-0.2, -0.15) is 0 Å². The van der Waals surface area contributed by atoms with Gasteiger partial charge in [-0.3, -0.25) is 4.79 Å². The van der Waals surface area contributed by atoms with E-state index in [1.165, 1.54) is 0 Å². The molecule has 2 atom stereocenters. The number of hydrogen-bond acceptors (Lipinski definition) is 4. The summed E-state index contributed by atoms with van der Waals surface area (Å²) in [6, 6.07) is 0. The van der Waals surface area contributed by atoms with Crippen molar-refractivity contribution in [2.75, 3.05) is 25.4 Å². The number of carbonyl (C=O) groups is 1. The molecular formula is C11H20N2O3S. The molecule has 2 saturated heterocycles. The van der Waals surface area contributed by atoms with Crippen LogP contribution in [0.15, 0.2) is 0 Å². The minimum Gasteiger partial charge on any atom is -0.341 e. The van der Waals surface area contributed by atoms with Crippen LogP contribution >= 0.6 is 0 Å². The van der Waals surface area contributed by atoms with E-state index in [1.54, 1.807) is 4.90 Å². The monoisotopic (exact) mass is 260 g/mol. The summed E-state index contributed by atoms with van der Waals surface area (Å²) >= 11 is 0. The third kappa shape index (κ3) is 2.63. The van der Waals surface area contributed by atoms with Crippen molar-refractivity contribution in [2.45, 2.75) is 30.9 Å². The fourth-order valence-corrected chi connectivity index (χ4v) is 4.53. The molecular weight excluding hydrogens is 240 g/mol. The third-order valence-corrected chi connectivity index (χ3v) is 5.95. The second-order valence-corrected chi connectivity index (χ2v) is 7.33. The molecule has 5 nitrogen and oxygen atoms in total. The standard InChI is InChI=1S/C11H20N2O3S/c12-7-9-4-5-13(8-9)11(14)10-3-1-2-6-17(10,15)16/h9-10H,1-8,12H2. The van der Waals surface area contributed by atoms with Crippen LogP contribution in [0.2, 0.25) is 0 Å². The molecule has 98 valence electrons. The van der Waals surface area contributed by atoms with Crippen molar-refractivity contribution in [1.29, 1.82) is 0 Å². The lowest BCUT2D eigenvalue weighted by molar-refractivity contribution is -0.130. The molecule has 0 aromatic heterocycles. The van der Waals surface area contributed by atoms with E-state index < -0.39 is 15.1 Å². The van der Waals surface area contributed by atoms with E-state index in [-0.39, 0.29) is 11.7 Å². The second-order valence-electron chi connectivity index (χ2n) is 5.03. The molecule has 2 fully saturated rings. The maximum atomic E-state index is 12.2. The molecule has 6 heteroatoms. The fourth-order valence-electron chi connectivity index (χ4n) is 2.66. The average molecular weight is 260 g/mol. The molecule has 2 rings (SSSR count). The number of hydrogen-bond donors (Lipinski definition) is 1. The van der Waals surface area contributed by atoms with Gasteiger partial charge in [0.1, 0.15) is 5.25 Å². The molecule has 17 heavy (non-hydrogen) atoms. The van der Waals surface area contributed by atoms with Crippen LogP contribution in [0, 0.1) is 5.92 Å². The number of carbonyl (C=O) groups excluding carboxylic acids is 1. The topological polar surface area (TPSA) is 80.5 Å². The normalized spacial score (nSPS) is 32.6. The number of sulfone groups is 1. The zero-order chi connectivity index (χ0) is 12.5. The Morgan fingerprint density at radius 2 is 2.06 bits per heavy atom. The first-order valence-corrected chi connectivity index (χ1v) is 7.96. The highest BCUT2D eigenvalue weighted by molar-refractivity contribution is 7.92. The van der Waals surface area contributed by atoms with Crippen molar-refractivity contribution in [3.63, 3.8) is 0 Å². The van der Waals surface area contributed by atoms with Gasteiger partial charge in [-0.15, -0.1) is 0 Å². The summed E-state index contributed by atoms with van der Waals surface area (Å²) in [6.45, 7) is 1.86. The Balaban J connectivity index is 2.05. The molecule has 2 heterocycles. The summed E-state index contributed by atoms with van der Waals surface area (Å²) in [5.74, 6) is 0.309.